The molecule has 0 radical (unpaired) electrons. The third-order valence-electron chi connectivity index (χ3n) is 4.11. The van der Waals surface area contributed by atoms with Gasteiger partial charge < -0.3 is 10.0 Å². The highest BCUT2D eigenvalue weighted by atomic mass is 19.1. The van der Waals surface area contributed by atoms with Gasteiger partial charge in [-0.15, -0.1) is 6.58 Å². The first-order valence-corrected chi connectivity index (χ1v) is 7.75. The Morgan fingerprint density at radius 1 is 1.12 bits per heavy atom. The molecule has 1 atom stereocenters. The van der Waals surface area contributed by atoms with E-state index in [2.05, 4.69) is 6.58 Å². The molecule has 1 fully saturated rings. The Morgan fingerprint density at radius 2 is 1.76 bits per heavy atom. The fourth-order valence-corrected chi connectivity index (χ4v) is 2.98. The predicted molar refractivity (Wildman–Crippen MR) is 92.0 cm³/mol. The summed E-state index contributed by atoms with van der Waals surface area (Å²) in [5, 5.41) is 10.6. The molecule has 2 aromatic carbocycles. The molecule has 0 aliphatic carbocycles. The van der Waals surface area contributed by atoms with Crippen LogP contribution in [-0.4, -0.2) is 28.2 Å². The first kappa shape index (κ1) is 16.6. The van der Waals surface area contributed by atoms with Crippen molar-refractivity contribution in [2.75, 3.05) is 6.54 Å². The number of hydrogen-bond donors (Lipinski definition) is 1. The van der Waals surface area contributed by atoms with Crippen molar-refractivity contribution in [1.29, 1.82) is 0 Å². The molecule has 0 aromatic heterocycles. The van der Waals surface area contributed by atoms with Crippen LogP contribution in [0, 0.1) is 5.82 Å². The smallest absolute Gasteiger partial charge is 0.295 e. The molecule has 1 amide bonds. The van der Waals surface area contributed by atoms with Gasteiger partial charge in [0.2, 0.25) is 0 Å². The van der Waals surface area contributed by atoms with Gasteiger partial charge in [-0.1, -0.05) is 54.6 Å². The number of benzene rings is 2. The second-order valence-corrected chi connectivity index (χ2v) is 5.63. The molecule has 5 heteroatoms. The topological polar surface area (TPSA) is 57.6 Å². The Labute approximate surface area is 144 Å². The number of carbonyl (C=O) groups excluding carboxylic acids is 2. The first-order chi connectivity index (χ1) is 12.1. The Balaban J connectivity index is 2.24. The van der Waals surface area contributed by atoms with Gasteiger partial charge in [0.15, 0.2) is 0 Å². The second kappa shape index (κ2) is 6.73. The van der Waals surface area contributed by atoms with Crippen LogP contribution in [-0.2, 0) is 9.59 Å². The highest BCUT2D eigenvalue weighted by Gasteiger charge is 2.46. The molecular weight excluding hydrogens is 321 g/mol. The van der Waals surface area contributed by atoms with Gasteiger partial charge in [-0.2, -0.15) is 0 Å². The van der Waals surface area contributed by atoms with Gasteiger partial charge >= 0.3 is 0 Å². The molecule has 1 heterocycles. The van der Waals surface area contributed by atoms with E-state index >= 15 is 0 Å². The number of ketones is 1. The molecule has 0 spiro atoms. The van der Waals surface area contributed by atoms with E-state index in [0.717, 1.165) is 0 Å². The number of carbonyl (C=O) groups is 2. The molecule has 1 saturated heterocycles. The molecule has 0 unspecified atom stereocenters. The number of rotatable bonds is 4. The van der Waals surface area contributed by atoms with Crippen LogP contribution in [0.25, 0.3) is 5.76 Å². The molecule has 2 aromatic rings. The van der Waals surface area contributed by atoms with Crippen molar-refractivity contribution in [2.24, 2.45) is 0 Å². The molecule has 1 N–H and O–H groups in total. The van der Waals surface area contributed by atoms with E-state index in [1.807, 2.05) is 0 Å². The second-order valence-electron chi connectivity index (χ2n) is 5.63. The van der Waals surface area contributed by atoms with Gasteiger partial charge in [0, 0.05) is 17.7 Å². The highest BCUT2D eigenvalue weighted by molar-refractivity contribution is 6.46. The lowest BCUT2D eigenvalue weighted by Crippen LogP contribution is -2.30. The zero-order valence-corrected chi connectivity index (χ0v) is 13.4. The minimum atomic E-state index is -1.00. The fourth-order valence-electron chi connectivity index (χ4n) is 2.98. The molecule has 4 nitrogen and oxygen atoms in total. The summed E-state index contributed by atoms with van der Waals surface area (Å²) in [6, 6.07) is 13.3. The van der Waals surface area contributed by atoms with Gasteiger partial charge in [0.25, 0.3) is 11.7 Å². The summed E-state index contributed by atoms with van der Waals surface area (Å²) < 4.78 is 14.4. The van der Waals surface area contributed by atoms with E-state index in [1.165, 1.54) is 29.2 Å². The summed E-state index contributed by atoms with van der Waals surface area (Å²) >= 11 is 0. The third kappa shape index (κ3) is 2.85. The number of hydrogen-bond acceptors (Lipinski definition) is 3. The lowest BCUT2D eigenvalue weighted by molar-refractivity contribution is -0.139. The first-order valence-electron chi connectivity index (χ1n) is 7.75. The zero-order valence-electron chi connectivity index (χ0n) is 13.4. The van der Waals surface area contributed by atoms with Gasteiger partial charge in [-0.3, -0.25) is 9.59 Å². The van der Waals surface area contributed by atoms with Crippen LogP contribution in [0.5, 0.6) is 0 Å². The molecular formula is C20H16FNO3. The van der Waals surface area contributed by atoms with E-state index in [0.29, 0.717) is 5.56 Å². The number of halogens is 1. The van der Waals surface area contributed by atoms with E-state index in [4.69, 9.17) is 0 Å². The molecule has 0 bridgehead atoms. The number of amides is 1. The van der Waals surface area contributed by atoms with Gasteiger partial charge in [0.05, 0.1) is 11.6 Å². The lowest BCUT2D eigenvalue weighted by atomic mass is 9.95. The van der Waals surface area contributed by atoms with Crippen LogP contribution in [0.3, 0.4) is 0 Å². The average Bonchev–Trinajstić information content (AvgIpc) is 2.87. The standard InChI is InChI=1S/C20H16FNO3/c1-2-12-22-17(14-10-6-7-11-15(14)21)16(19(24)20(22)25)18(23)13-8-4-3-5-9-13/h2-11,17,23H,1,12H2/b18-16+/t17-/m1/s1. The number of aliphatic hydroxyl groups is 1. The summed E-state index contributed by atoms with van der Waals surface area (Å²) in [5.41, 5.74) is 0.421. The fraction of sp³-hybridized carbons (Fsp3) is 0.100. The summed E-state index contributed by atoms with van der Waals surface area (Å²) in [6.07, 6.45) is 1.46. The zero-order chi connectivity index (χ0) is 18.0. The SMILES string of the molecule is C=CCN1C(=O)C(=O)/C(=C(/O)c2ccccc2)[C@H]1c1ccccc1F. The summed E-state index contributed by atoms with van der Waals surface area (Å²) in [6.45, 7) is 3.65. The van der Waals surface area contributed by atoms with Crippen LogP contribution < -0.4 is 0 Å². The summed E-state index contributed by atoms with van der Waals surface area (Å²) in [4.78, 5) is 26.1. The van der Waals surface area contributed by atoms with Crippen molar-refractivity contribution in [3.05, 3.63) is 89.8 Å². The monoisotopic (exact) mass is 337 g/mol. The van der Waals surface area contributed by atoms with Crippen LogP contribution >= 0.6 is 0 Å². The average molecular weight is 337 g/mol. The van der Waals surface area contributed by atoms with Crippen molar-refractivity contribution in [2.45, 2.75) is 6.04 Å². The van der Waals surface area contributed by atoms with Crippen molar-refractivity contribution in [3.63, 3.8) is 0 Å². The molecule has 25 heavy (non-hydrogen) atoms. The maximum absolute atomic E-state index is 14.4. The third-order valence-corrected chi connectivity index (χ3v) is 4.11. The number of likely N-dealkylation sites (tertiary alicyclic amines) is 1. The number of nitrogens with zero attached hydrogens (tertiary/aromatic N) is 1. The van der Waals surface area contributed by atoms with E-state index in [-0.39, 0.29) is 23.4 Å². The van der Waals surface area contributed by atoms with Crippen molar-refractivity contribution >= 4 is 17.4 Å². The van der Waals surface area contributed by atoms with Crippen LogP contribution in [0.2, 0.25) is 0 Å². The molecule has 126 valence electrons. The molecule has 3 rings (SSSR count). The van der Waals surface area contributed by atoms with E-state index < -0.39 is 23.5 Å². The highest BCUT2D eigenvalue weighted by Crippen LogP contribution is 2.40. The largest absolute Gasteiger partial charge is 0.507 e. The lowest BCUT2D eigenvalue weighted by Gasteiger charge is -2.24. The van der Waals surface area contributed by atoms with Gasteiger partial charge in [-0.05, 0) is 6.07 Å². The number of aliphatic hydroxyl groups excluding tert-OH is 1. The quantitative estimate of drug-likeness (QED) is 0.402. The Hall–Kier alpha value is -3.21. The summed E-state index contributed by atoms with van der Waals surface area (Å²) in [5.74, 6) is -2.50. The molecule has 1 aliphatic heterocycles. The van der Waals surface area contributed by atoms with Crippen molar-refractivity contribution in [1.82, 2.24) is 4.90 Å². The molecule has 1 aliphatic rings. The summed E-state index contributed by atoms with van der Waals surface area (Å²) in [7, 11) is 0. The van der Waals surface area contributed by atoms with Crippen LogP contribution in [0.4, 0.5) is 4.39 Å². The van der Waals surface area contributed by atoms with E-state index in [1.54, 1.807) is 36.4 Å². The van der Waals surface area contributed by atoms with Crippen molar-refractivity contribution < 1.29 is 19.1 Å². The molecule has 0 saturated carbocycles. The maximum Gasteiger partial charge on any atom is 0.295 e. The van der Waals surface area contributed by atoms with Crippen LogP contribution in [0.1, 0.15) is 17.2 Å². The van der Waals surface area contributed by atoms with Crippen LogP contribution in [0.15, 0.2) is 72.8 Å². The Bertz CT molecular complexity index is 874. The van der Waals surface area contributed by atoms with Crippen molar-refractivity contribution in [3.8, 4) is 0 Å². The minimum absolute atomic E-state index is 0.0646. The Morgan fingerprint density at radius 3 is 2.40 bits per heavy atom. The van der Waals surface area contributed by atoms with Gasteiger partial charge in [-0.25, -0.2) is 4.39 Å². The number of Topliss-reactive ketones (excluding diaryl/α,β-unsaturated/α-hetero) is 1. The maximum atomic E-state index is 14.4. The normalized spacial score (nSPS) is 19.2. The minimum Gasteiger partial charge on any atom is -0.507 e. The van der Waals surface area contributed by atoms with E-state index in [9.17, 15) is 19.1 Å². The van der Waals surface area contributed by atoms with Gasteiger partial charge in [0.1, 0.15) is 11.6 Å². The predicted octanol–water partition coefficient (Wildman–Crippen LogP) is 3.43. The Kier molecular flexibility index (Phi) is 4.48.